The highest BCUT2D eigenvalue weighted by atomic mass is 16.5. The van der Waals surface area contributed by atoms with Gasteiger partial charge in [-0.2, -0.15) is 0 Å². The first-order chi connectivity index (χ1) is 12.3. The second-order valence-corrected chi connectivity index (χ2v) is 6.15. The molecule has 1 atom stereocenters. The van der Waals surface area contributed by atoms with Crippen LogP contribution in [0.15, 0.2) is 54.9 Å². The highest BCUT2D eigenvalue weighted by molar-refractivity contribution is 6.07. The maximum atomic E-state index is 12.8. The van der Waals surface area contributed by atoms with Crippen molar-refractivity contribution < 1.29 is 9.53 Å². The predicted molar refractivity (Wildman–Crippen MR) is 96.3 cm³/mol. The second kappa shape index (κ2) is 6.99. The van der Waals surface area contributed by atoms with Gasteiger partial charge in [-0.25, -0.2) is 4.98 Å². The van der Waals surface area contributed by atoms with E-state index in [1.54, 1.807) is 12.4 Å². The van der Waals surface area contributed by atoms with Crippen LogP contribution in [-0.4, -0.2) is 35.1 Å². The summed E-state index contributed by atoms with van der Waals surface area (Å²) < 4.78 is 5.59. The van der Waals surface area contributed by atoms with Gasteiger partial charge in [0.15, 0.2) is 0 Å². The minimum Gasteiger partial charge on any atom is -0.376 e. The third-order valence-corrected chi connectivity index (χ3v) is 4.45. The van der Waals surface area contributed by atoms with E-state index in [-0.39, 0.29) is 12.0 Å². The van der Waals surface area contributed by atoms with E-state index in [2.05, 4.69) is 10.3 Å². The second-order valence-electron chi connectivity index (χ2n) is 6.15. The number of ether oxygens (including phenoxy) is 1. The van der Waals surface area contributed by atoms with Crippen LogP contribution in [0.3, 0.4) is 0 Å². The zero-order valence-electron chi connectivity index (χ0n) is 13.8. The number of nitrogens with one attached hydrogen (secondary N) is 1. The highest BCUT2D eigenvalue weighted by Gasteiger charge is 2.18. The van der Waals surface area contributed by atoms with Crippen molar-refractivity contribution in [2.24, 2.45) is 0 Å². The summed E-state index contributed by atoms with van der Waals surface area (Å²) in [5.41, 5.74) is 3.15. The Morgan fingerprint density at radius 1 is 1.20 bits per heavy atom. The molecule has 1 aromatic carbocycles. The molecule has 0 unspecified atom stereocenters. The van der Waals surface area contributed by atoms with Crippen LogP contribution in [0.5, 0.6) is 0 Å². The molecule has 1 aliphatic rings. The molecule has 5 heteroatoms. The normalized spacial score (nSPS) is 16.9. The van der Waals surface area contributed by atoms with Crippen molar-refractivity contribution in [2.75, 3.05) is 13.2 Å². The van der Waals surface area contributed by atoms with Crippen LogP contribution >= 0.6 is 0 Å². The van der Waals surface area contributed by atoms with Crippen molar-refractivity contribution in [1.29, 1.82) is 0 Å². The summed E-state index contributed by atoms with van der Waals surface area (Å²) >= 11 is 0. The first-order valence-electron chi connectivity index (χ1n) is 8.51. The topological polar surface area (TPSA) is 64.1 Å². The van der Waals surface area contributed by atoms with Gasteiger partial charge in [-0.1, -0.05) is 18.2 Å². The molecular formula is C20H19N3O2. The quantitative estimate of drug-likeness (QED) is 0.796. The zero-order chi connectivity index (χ0) is 17.1. The van der Waals surface area contributed by atoms with Crippen molar-refractivity contribution in [3.63, 3.8) is 0 Å². The number of aromatic nitrogens is 2. The number of nitrogens with zero attached hydrogens (tertiary/aromatic N) is 2. The fraction of sp³-hybridized carbons (Fsp3) is 0.250. The van der Waals surface area contributed by atoms with Crippen molar-refractivity contribution in [3.8, 4) is 11.3 Å². The number of pyridine rings is 2. The Morgan fingerprint density at radius 3 is 2.84 bits per heavy atom. The molecule has 3 heterocycles. The summed E-state index contributed by atoms with van der Waals surface area (Å²) in [6.45, 7) is 1.32. The van der Waals surface area contributed by atoms with E-state index in [0.717, 1.165) is 41.6 Å². The van der Waals surface area contributed by atoms with Crippen LogP contribution in [0.25, 0.3) is 22.2 Å². The summed E-state index contributed by atoms with van der Waals surface area (Å²) in [5, 5.41) is 3.86. The lowest BCUT2D eigenvalue weighted by molar-refractivity contribution is 0.0859. The lowest BCUT2D eigenvalue weighted by Crippen LogP contribution is -2.31. The van der Waals surface area contributed by atoms with Crippen LogP contribution in [-0.2, 0) is 4.74 Å². The van der Waals surface area contributed by atoms with Gasteiger partial charge in [0.05, 0.1) is 22.9 Å². The molecule has 1 fully saturated rings. The summed E-state index contributed by atoms with van der Waals surface area (Å²) in [7, 11) is 0. The van der Waals surface area contributed by atoms with Crippen molar-refractivity contribution in [1.82, 2.24) is 15.3 Å². The van der Waals surface area contributed by atoms with E-state index in [0.29, 0.717) is 12.1 Å². The van der Waals surface area contributed by atoms with Crippen LogP contribution in [0.4, 0.5) is 0 Å². The van der Waals surface area contributed by atoms with Gasteiger partial charge in [-0.15, -0.1) is 0 Å². The van der Waals surface area contributed by atoms with Crippen molar-refractivity contribution in [2.45, 2.75) is 18.9 Å². The average molecular weight is 333 g/mol. The number of hydrogen-bond acceptors (Lipinski definition) is 4. The molecule has 0 saturated carbocycles. The van der Waals surface area contributed by atoms with E-state index in [9.17, 15) is 4.79 Å². The highest BCUT2D eigenvalue weighted by Crippen LogP contribution is 2.24. The maximum Gasteiger partial charge on any atom is 0.252 e. The fourth-order valence-electron chi connectivity index (χ4n) is 3.14. The van der Waals surface area contributed by atoms with E-state index in [4.69, 9.17) is 9.72 Å². The Bertz CT molecular complexity index is 890. The Labute approximate surface area is 146 Å². The molecule has 1 amide bonds. The SMILES string of the molecule is O=C(NC[C@H]1CCCO1)c1cc(-c2ccncc2)nc2ccccc12. The smallest absolute Gasteiger partial charge is 0.252 e. The van der Waals surface area contributed by atoms with E-state index in [1.165, 1.54) is 0 Å². The first kappa shape index (κ1) is 15.7. The van der Waals surface area contributed by atoms with Gasteiger partial charge < -0.3 is 10.1 Å². The Kier molecular flexibility index (Phi) is 4.39. The molecule has 1 aliphatic heterocycles. The largest absolute Gasteiger partial charge is 0.376 e. The molecule has 4 rings (SSSR count). The van der Waals surface area contributed by atoms with Gasteiger partial charge >= 0.3 is 0 Å². The third-order valence-electron chi connectivity index (χ3n) is 4.45. The minimum atomic E-state index is -0.0931. The minimum absolute atomic E-state index is 0.0931. The number of para-hydroxylation sites is 1. The number of carbonyl (C=O) groups excluding carboxylic acids is 1. The number of amides is 1. The van der Waals surface area contributed by atoms with Gasteiger partial charge in [0.2, 0.25) is 0 Å². The van der Waals surface area contributed by atoms with Crippen molar-refractivity contribution in [3.05, 3.63) is 60.4 Å². The van der Waals surface area contributed by atoms with Gasteiger partial charge in [0, 0.05) is 36.5 Å². The lowest BCUT2D eigenvalue weighted by atomic mass is 10.0. The zero-order valence-corrected chi connectivity index (χ0v) is 13.8. The van der Waals surface area contributed by atoms with Crippen LogP contribution in [0.1, 0.15) is 23.2 Å². The van der Waals surface area contributed by atoms with E-state index < -0.39 is 0 Å². The van der Waals surface area contributed by atoms with Gasteiger partial charge in [0.25, 0.3) is 5.91 Å². The summed E-state index contributed by atoms with van der Waals surface area (Å²) in [6.07, 6.45) is 5.63. The van der Waals surface area contributed by atoms with E-state index in [1.807, 2.05) is 42.5 Å². The Hall–Kier alpha value is -2.79. The predicted octanol–water partition coefficient (Wildman–Crippen LogP) is 3.21. The molecule has 0 radical (unpaired) electrons. The molecular weight excluding hydrogens is 314 g/mol. The summed E-state index contributed by atoms with van der Waals surface area (Å²) in [6, 6.07) is 13.3. The van der Waals surface area contributed by atoms with Crippen LogP contribution < -0.4 is 5.32 Å². The molecule has 0 spiro atoms. The van der Waals surface area contributed by atoms with Crippen LogP contribution in [0.2, 0.25) is 0 Å². The molecule has 2 aromatic heterocycles. The number of carbonyl (C=O) groups is 1. The monoisotopic (exact) mass is 333 g/mol. The summed E-state index contributed by atoms with van der Waals surface area (Å²) in [4.78, 5) is 21.5. The van der Waals surface area contributed by atoms with Gasteiger partial charge in [0.1, 0.15) is 0 Å². The van der Waals surface area contributed by atoms with Gasteiger partial charge in [-0.3, -0.25) is 9.78 Å². The maximum absolute atomic E-state index is 12.8. The molecule has 1 saturated heterocycles. The number of fused-ring (bicyclic) bond motifs is 1. The third kappa shape index (κ3) is 3.37. The molecule has 1 N–H and O–H groups in total. The number of hydrogen-bond donors (Lipinski definition) is 1. The average Bonchev–Trinajstić information content (AvgIpc) is 3.19. The molecule has 5 nitrogen and oxygen atoms in total. The van der Waals surface area contributed by atoms with Crippen molar-refractivity contribution >= 4 is 16.8 Å². The molecule has 0 bridgehead atoms. The fourth-order valence-corrected chi connectivity index (χ4v) is 3.14. The Morgan fingerprint density at radius 2 is 2.04 bits per heavy atom. The molecule has 25 heavy (non-hydrogen) atoms. The van der Waals surface area contributed by atoms with Gasteiger partial charge in [-0.05, 0) is 37.1 Å². The lowest BCUT2D eigenvalue weighted by Gasteiger charge is -2.13. The Balaban J connectivity index is 1.69. The van der Waals surface area contributed by atoms with Crippen LogP contribution in [0, 0.1) is 0 Å². The molecule has 0 aliphatic carbocycles. The molecule has 126 valence electrons. The number of rotatable bonds is 4. The standard InChI is InChI=1S/C20H19N3O2/c24-20(22-13-15-4-3-11-25-15)17-12-19(14-7-9-21-10-8-14)23-18-6-2-1-5-16(17)18/h1-2,5-10,12,15H,3-4,11,13H2,(H,22,24)/t15-/m1/s1. The van der Waals surface area contributed by atoms with E-state index >= 15 is 0 Å². The first-order valence-corrected chi connectivity index (χ1v) is 8.51. The summed E-state index contributed by atoms with van der Waals surface area (Å²) in [5.74, 6) is -0.0931. The number of benzene rings is 1. The molecule has 3 aromatic rings.